The third-order valence-electron chi connectivity index (χ3n) is 7.73. The molecule has 0 radical (unpaired) electrons. The highest BCUT2D eigenvalue weighted by Gasteiger charge is 2.30. The van der Waals surface area contributed by atoms with Gasteiger partial charge in [0.1, 0.15) is 12.6 Å². The highest BCUT2D eigenvalue weighted by atomic mass is 19.4. The Morgan fingerprint density at radius 1 is 0.787 bits per heavy atom. The number of carbonyl (C=O) groups excluding carboxylic acids is 3. The fraction of sp³-hybridized carbons (Fsp3) is 0.250. The Hall–Kier alpha value is -5.16. The molecule has 2 amide bonds. The number of carboxylic acids is 1. The van der Waals surface area contributed by atoms with Crippen LogP contribution in [0.2, 0.25) is 0 Å². The van der Waals surface area contributed by atoms with Crippen LogP contribution >= 0.6 is 0 Å². The average molecular weight is 648 g/mol. The minimum absolute atomic E-state index is 0.00311. The van der Waals surface area contributed by atoms with Gasteiger partial charge < -0.3 is 31.0 Å². The number of quaternary nitrogens is 1. The van der Waals surface area contributed by atoms with E-state index in [1.165, 1.54) is 27.8 Å². The molecule has 8 nitrogen and oxygen atoms in total. The number of hydrogen-bond donors (Lipinski definition) is 3. The van der Waals surface area contributed by atoms with Crippen molar-refractivity contribution >= 4 is 18.0 Å². The third-order valence-corrected chi connectivity index (χ3v) is 7.73. The maximum Gasteiger partial charge on any atom is 0.430 e. The van der Waals surface area contributed by atoms with Gasteiger partial charge in [-0.15, -0.1) is 0 Å². The van der Waals surface area contributed by atoms with Crippen molar-refractivity contribution in [3.05, 3.63) is 131 Å². The minimum Gasteiger partial charge on any atom is -0.542 e. The lowest BCUT2D eigenvalue weighted by Crippen LogP contribution is -2.69. The number of alkyl carbamates (subject to hydrolysis) is 1. The molecule has 4 aromatic rings. The summed E-state index contributed by atoms with van der Waals surface area (Å²) >= 11 is 0. The molecule has 11 heteroatoms. The predicted molar refractivity (Wildman–Crippen MR) is 168 cm³/mol. The fourth-order valence-corrected chi connectivity index (χ4v) is 5.38. The molecule has 0 aliphatic heterocycles. The van der Waals surface area contributed by atoms with E-state index in [1.807, 2.05) is 72.8 Å². The van der Waals surface area contributed by atoms with E-state index in [2.05, 4.69) is 52.8 Å². The molecule has 4 aromatic carbocycles. The summed E-state index contributed by atoms with van der Waals surface area (Å²) in [6.45, 7) is 0.520. The number of benzene rings is 4. The lowest BCUT2D eigenvalue weighted by atomic mass is 9.98. The molecule has 5 rings (SSSR count). The van der Waals surface area contributed by atoms with Crippen molar-refractivity contribution < 1.29 is 43.1 Å². The van der Waals surface area contributed by atoms with Crippen molar-refractivity contribution in [2.45, 2.75) is 43.4 Å². The zero-order valence-corrected chi connectivity index (χ0v) is 25.5. The fourth-order valence-electron chi connectivity index (χ4n) is 5.38. The first-order valence-electron chi connectivity index (χ1n) is 15.1. The van der Waals surface area contributed by atoms with Gasteiger partial charge in [0.05, 0.1) is 0 Å². The zero-order chi connectivity index (χ0) is 33.8. The molecule has 246 valence electrons. The second-order valence-electron chi connectivity index (χ2n) is 11.1. The zero-order valence-electron chi connectivity index (χ0n) is 25.5. The number of carbonyl (C=O) groups is 3. The molecule has 0 saturated carbocycles. The Morgan fingerprint density at radius 3 is 1.81 bits per heavy atom. The molecule has 0 saturated heterocycles. The second-order valence-corrected chi connectivity index (χ2v) is 11.1. The molecule has 0 spiro atoms. The van der Waals surface area contributed by atoms with Gasteiger partial charge in [-0.25, -0.2) is 4.79 Å². The predicted octanol–water partition coefficient (Wildman–Crippen LogP) is 3.79. The highest BCUT2D eigenvalue weighted by Crippen LogP contribution is 2.44. The first-order chi connectivity index (χ1) is 22.5. The van der Waals surface area contributed by atoms with E-state index in [-0.39, 0.29) is 31.0 Å². The number of alkyl halides is 3. The van der Waals surface area contributed by atoms with Crippen LogP contribution in [0.4, 0.5) is 18.0 Å². The largest absolute Gasteiger partial charge is 0.542 e. The Balaban J connectivity index is 0.000000644. The number of fused-ring (bicyclic) bond motifs is 3. The van der Waals surface area contributed by atoms with Crippen LogP contribution in [0.3, 0.4) is 0 Å². The van der Waals surface area contributed by atoms with E-state index in [0.717, 1.165) is 12.0 Å². The Bertz CT molecular complexity index is 1590. The summed E-state index contributed by atoms with van der Waals surface area (Å²) < 4.78 is 37.3. The van der Waals surface area contributed by atoms with Gasteiger partial charge in [0.15, 0.2) is 6.04 Å². The van der Waals surface area contributed by atoms with E-state index >= 15 is 0 Å². The summed E-state index contributed by atoms with van der Waals surface area (Å²) in [5, 5.41) is 14.8. The van der Waals surface area contributed by atoms with Crippen LogP contribution < -0.4 is 21.5 Å². The van der Waals surface area contributed by atoms with E-state index in [9.17, 15) is 22.8 Å². The van der Waals surface area contributed by atoms with Crippen LogP contribution in [0.15, 0.2) is 109 Å². The number of halogens is 3. The summed E-state index contributed by atoms with van der Waals surface area (Å²) in [7, 11) is 0. The Labute approximate surface area is 270 Å². The van der Waals surface area contributed by atoms with Crippen molar-refractivity contribution in [2.24, 2.45) is 0 Å². The number of nitrogens with one attached hydrogen (secondary N) is 2. The van der Waals surface area contributed by atoms with Crippen LogP contribution in [0, 0.1) is 0 Å². The smallest absolute Gasteiger partial charge is 0.430 e. The lowest BCUT2D eigenvalue weighted by molar-refractivity contribution is -0.403. The molecular formula is C36H36F3N3O5. The van der Waals surface area contributed by atoms with Gasteiger partial charge in [0.2, 0.25) is 0 Å². The van der Waals surface area contributed by atoms with Gasteiger partial charge in [-0.3, -0.25) is 4.79 Å². The first kappa shape index (κ1) is 34.7. The molecule has 5 N–H and O–H groups in total. The van der Waals surface area contributed by atoms with Crippen LogP contribution in [0.25, 0.3) is 11.1 Å². The van der Waals surface area contributed by atoms with Crippen LogP contribution in [0.1, 0.15) is 34.6 Å². The topological polar surface area (TPSA) is 135 Å². The molecule has 2 atom stereocenters. The minimum atomic E-state index is -5.19. The van der Waals surface area contributed by atoms with E-state index in [0.29, 0.717) is 12.8 Å². The summed E-state index contributed by atoms with van der Waals surface area (Å²) in [5.74, 6) is -3.14. The molecular weight excluding hydrogens is 611 g/mol. The molecule has 47 heavy (non-hydrogen) atoms. The number of carboxylic acid groups (broad SMARTS) is 1. The molecule has 0 fully saturated rings. The maximum absolute atomic E-state index is 13.0. The molecule has 0 unspecified atom stereocenters. The van der Waals surface area contributed by atoms with Crippen molar-refractivity contribution in [1.29, 1.82) is 0 Å². The van der Waals surface area contributed by atoms with Gasteiger partial charge in [0.25, 0.3) is 5.91 Å². The molecule has 0 heterocycles. The quantitative estimate of drug-likeness (QED) is 0.228. The average Bonchev–Trinajstić information content (AvgIpc) is 3.39. The molecule has 1 aliphatic carbocycles. The number of hydrogen-bond acceptors (Lipinski definition) is 5. The maximum atomic E-state index is 13.0. The third kappa shape index (κ3) is 10.2. The SMILES string of the molecule is O=C([O-])C(F)(F)F.[NH3+][C@@H](Cc1ccccc1)C(=O)N[C@H](CCc1ccccc1)CNC(=O)OCC1c2ccccc2-c2ccccc21. The Kier molecular flexibility index (Phi) is 12.1. The summed E-state index contributed by atoms with van der Waals surface area (Å²) in [6.07, 6.45) is -3.68. The summed E-state index contributed by atoms with van der Waals surface area (Å²) in [5.41, 5.74) is 11.0. The van der Waals surface area contributed by atoms with Gasteiger partial charge in [-0.1, -0.05) is 109 Å². The molecule has 1 aliphatic rings. The van der Waals surface area contributed by atoms with E-state index in [1.54, 1.807) is 0 Å². The van der Waals surface area contributed by atoms with Crippen molar-refractivity contribution in [1.82, 2.24) is 10.6 Å². The summed E-state index contributed by atoms with van der Waals surface area (Å²) in [6, 6.07) is 35.8. The number of aryl methyl sites for hydroxylation is 1. The standard InChI is InChI=1S/C34H35N3O3.C2HF3O2/c35-32(21-25-13-5-2-6-14-25)33(38)37-26(20-19-24-11-3-1-4-12-24)22-36-34(39)40-23-31-29-17-9-7-15-27(29)28-16-8-10-18-30(28)31;3-2(4,5)1(6)7/h1-18,26,31-32H,19-23,35H2,(H,36,39)(H,37,38);(H,6,7)/t26-,32+;/m1./s1. The van der Waals surface area contributed by atoms with Crippen molar-refractivity contribution in [2.75, 3.05) is 13.2 Å². The number of aliphatic carboxylic acids is 1. The Morgan fingerprint density at radius 2 is 1.28 bits per heavy atom. The van der Waals surface area contributed by atoms with Crippen LogP contribution in [0.5, 0.6) is 0 Å². The highest BCUT2D eigenvalue weighted by molar-refractivity contribution is 5.81. The summed E-state index contributed by atoms with van der Waals surface area (Å²) in [4.78, 5) is 34.6. The lowest BCUT2D eigenvalue weighted by Gasteiger charge is -2.21. The van der Waals surface area contributed by atoms with Gasteiger partial charge >= 0.3 is 12.3 Å². The molecule has 0 aromatic heterocycles. The van der Waals surface area contributed by atoms with Crippen LogP contribution in [-0.4, -0.2) is 49.4 Å². The number of rotatable bonds is 11. The molecule has 0 bridgehead atoms. The number of amides is 2. The first-order valence-corrected chi connectivity index (χ1v) is 15.1. The van der Waals surface area contributed by atoms with Gasteiger partial charge in [-0.05, 0) is 46.2 Å². The monoisotopic (exact) mass is 647 g/mol. The van der Waals surface area contributed by atoms with E-state index in [4.69, 9.17) is 14.6 Å². The second kappa shape index (κ2) is 16.4. The van der Waals surface area contributed by atoms with Gasteiger partial charge in [-0.2, -0.15) is 13.2 Å². The van der Waals surface area contributed by atoms with Crippen molar-refractivity contribution in [3.8, 4) is 11.1 Å². The van der Waals surface area contributed by atoms with E-state index < -0.39 is 24.3 Å². The van der Waals surface area contributed by atoms with Crippen LogP contribution in [-0.2, 0) is 27.2 Å². The van der Waals surface area contributed by atoms with Gasteiger partial charge in [0, 0.05) is 24.9 Å². The van der Waals surface area contributed by atoms with Crippen molar-refractivity contribution in [3.63, 3.8) is 0 Å². The number of ether oxygens (including phenoxy) is 1. The normalized spacial score (nSPS) is 13.2.